The summed E-state index contributed by atoms with van der Waals surface area (Å²) in [4.78, 5) is 13.0. The number of carbonyl (C=O) groups is 1. The average molecular weight is 373 g/mol. The van der Waals surface area contributed by atoms with Crippen LogP contribution >= 0.6 is 0 Å². The molecule has 2 aromatic carbocycles. The number of esters is 1. The van der Waals surface area contributed by atoms with E-state index in [9.17, 15) is 10.1 Å². The van der Waals surface area contributed by atoms with Crippen LogP contribution in [0.15, 0.2) is 66.2 Å². The van der Waals surface area contributed by atoms with E-state index < -0.39 is 5.97 Å². The summed E-state index contributed by atoms with van der Waals surface area (Å²) in [7, 11) is 0. The topological polar surface area (TPSA) is 50.1 Å². The number of nitriles is 1. The van der Waals surface area contributed by atoms with Gasteiger partial charge >= 0.3 is 5.97 Å². The van der Waals surface area contributed by atoms with Crippen molar-refractivity contribution < 1.29 is 9.53 Å². The number of hydrogen-bond acceptors (Lipinski definition) is 3. The molecule has 0 N–H and O–H groups in total. The van der Waals surface area contributed by atoms with Crippen molar-refractivity contribution in [3.8, 4) is 6.07 Å². The zero-order valence-corrected chi connectivity index (χ0v) is 16.8. The molecule has 1 saturated carbocycles. The number of nitrogens with zero attached hydrogens (tertiary/aromatic N) is 1. The van der Waals surface area contributed by atoms with Crippen LogP contribution in [0.1, 0.15) is 51.2 Å². The van der Waals surface area contributed by atoms with Gasteiger partial charge in [0, 0.05) is 5.57 Å². The first-order valence-electron chi connectivity index (χ1n) is 9.86. The molecule has 28 heavy (non-hydrogen) atoms. The van der Waals surface area contributed by atoms with E-state index in [1.165, 1.54) is 0 Å². The Balaban J connectivity index is 1.98. The van der Waals surface area contributed by atoms with Crippen LogP contribution in [0.2, 0.25) is 0 Å². The Hall–Kier alpha value is -2.86. The Labute approximate surface area is 167 Å². The number of carbonyl (C=O) groups excluding carboxylic acids is 1. The molecule has 0 radical (unpaired) electrons. The van der Waals surface area contributed by atoms with Gasteiger partial charge in [-0.05, 0) is 41.7 Å². The molecule has 0 aliphatic heterocycles. The molecule has 0 amide bonds. The minimum Gasteiger partial charge on any atom is -0.458 e. The first kappa shape index (κ1) is 19.9. The van der Waals surface area contributed by atoms with Gasteiger partial charge in [-0.3, -0.25) is 0 Å². The highest BCUT2D eigenvalue weighted by Gasteiger charge is 2.35. The molecule has 3 heteroatoms. The van der Waals surface area contributed by atoms with Crippen molar-refractivity contribution in [2.45, 2.75) is 46.1 Å². The summed E-state index contributed by atoms with van der Waals surface area (Å²) in [5, 5.41) is 9.86. The van der Waals surface area contributed by atoms with Crippen LogP contribution < -0.4 is 0 Å². The fraction of sp³-hybridized carbons (Fsp3) is 0.360. The van der Waals surface area contributed by atoms with Crippen molar-refractivity contribution in [3.63, 3.8) is 0 Å². The fourth-order valence-electron chi connectivity index (χ4n) is 4.43. The summed E-state index contributed by atoms with van der Waals surface area (Å²) >= 11 is 0. The molecule has 2 aromatic rings. The number of rotatable bonds is 4. The predicted octanol–water partition coefficient (Wildman–Crippen LogP) is 5.77. The van der Waals surface area contributed by atoms with Gasteiger partial charge in [0.2, 0.25) is 0 Å². The first-order valence-corrected chi connectivity index (χ1v) is 9.86. The molecule has 1 fully saturated rings. The molecule has 0 saturated heterocycles. The van der Waals surface area contributed by atoms with Crippen molar-refractivity contribution in [1.82, 2.24) is 0 Å². The Morgan fingerprint density at radius 3 is 2.00 bits per heavy atom. The molecule has 1 aliphatic rings. The van der Waals surface area contributed by atoms with E-state index in [0.29, 0.717) is 11.5 Å². The van der Waals surface area contributed by atoms with E-state index in [1.807, 2.05) is 60.7 Å². The lowest BCUT2D eigenvalue weighted by Gasteiger charge is -2.38. The quantitative estimate of drug-likeness (QED) is 0.388. The maximum Gasteiger partial charge on any atom is 0.349 e. The second kappa shape index (κ2) is 8.44. The first-order chi connectivity index (χ1) is 13.4. The summed E-state index contributed by atoms with van der Waals surface area (Å²) in [5.74, 6) is -0.0288. The highest BCUT2D eigenvalue weighted by molar-refractivity contribution is 6.05. The molecule has 3 nitrogen and oxygen atoms in total. The fourth-order valence-corrected chi connectivity index (χ4v) is 4.43. The van der Waals surface area contributed by atoms with E-state index in [4.69, 9.17) is 4.74 Å². The average Bonchev–Trinajstić information content (AvgIpc) is 2.65. The van der Waals surface area contributed by atoms with E-state index in [2.05, 4.69) is 26.8 Å². The van der Waals surface area contributed by atoms with Crippen molar-refractivity contribution >= 4 is 11.5 Å². The van der Waals surface area contributed by atoms with Crippen molar-refractivity contribution in [2.75, 3.05) is 0 Å². The Bertz CT molecular complexity index is 850. The summed E-state index contributed by atoms with van der Waals surface area (Å²) in [6.07, 6.45) is 2.65. The minimum atomic E-state index is -0.528. The number of ether oxygens (including phenoxy) is 1. The van der Waals surface area contributed by atoms with Gasteiger partial charge in [0.1, 0.15) is 17.7 Å². The van der Waals surface area contributed by atoms with Crippen LogP contribution in [0.3, 0.4) is 0 Å². The molecule has 144 valence electrons. The van der Waals surface area contributed by atoms with Gasteiger partial charge in [0.05, 0.1) is 0 Å². The van der Waals surface area contributed by atoms with Gasteiger partial charge in [0.25, 0.3) is 0 Å². The van der Waals surface area contributed by atoms with Crippen molar-refractivity contribution in [2.24, 2.45) is 11.3 Å². The normalized spacial score (nSPS) is 20.6. The Morgan fingerprint density at radius 1 is 1.00 bits per heavy atom. The molecular formula is C25H27NO2. The smallest absolute Gasteiger partial charge is 0.349 e. The van der Waals surface area contributed by atoms with Gasteiger partial charge in [-0.25, -0.2) is 4.79 Å². The summed E-state index contributed by atoms with van der Waals surface area (Å²) in [6, 6.07) is 21.3. The molecule has 0 heterocycles. The molecule has 0 bridgehead atoms. The lowest BCUT2D eigenvalue weighted by Crippen LogP contribution is -2.34. The Morgan fingerprint density at radius 2 is 1.54 bits per heavy atom. The third kappa shape index (κ3) is 4.70. The predicted molar refractivity (Wildman–Crippen MR) is 111 cm³/mol. The SMILES string of the molecule is CC1CC(OC(=O)C(C#N)=C(c2ccccc2)c2ccccc2)CC(C)(C)C1. The van der Waals surface area contributed by atoms with E-state index in [1.54, 1.807) is 0 Å². The highest BCUT2D eigenvalue weighted by Crippen LogP contribution is 2.40. The lowest BCUT2D eigenvalue weighted by molar-refractivity contribution is -0.148. The standard InChI is InChI=1S/C25H27NO2/c1-18-14-21(16-25(2,3)15-18)28-24(27)22(17-26)23(19-10-6-4-7-11-19)20-12-8-5-9-13-20/h4-13,18,21H,14-16H2,1-3H3. The second-order valence-electron chi connectivity index (χ2n) is 8.53. The second-order valence-corrected chi connectivity index (χ2v) is 8.53. The zero-order valence-electron chi connectivity index (χ0n) is 16.8. The van der Waals surface area contributed by atoms with Crippen molar-refractivity contribution in [3.05, 3.63) is 77.4 Å². The van der Waals surface area contributed by atoms with Crippen LogP contribution in [0.5, 0.6) is 0 Å². The molecule has 0 spiro atoms. The third-order valence-corrected chi connectivity index (χ3v) is 5.31. The molecule has 2 unspecified atom stereocenters. The van der Waals surface area contributed by atoms with Gasteiger partial charge in [-0.2, -0.15) is 5.26 Å². The summed E-state index contributed by atoms with van der Waals surface area (Å²) in [5.41, 5.74) is 2.49. The molecule has 3 rings (SSSR count). The van der Waals surface area contributed by atoms with Crippen LogP contribution in [0.4, 0.5) is 0 Å². The number of hydrogen-bond donors (Lipinski definition) is 0. The maximum absolute atomic E-state index is 13.0. The largest absolute Gasteiger partial charge is 0.458 e. The molecule has 1 aliphatic carbocycles. The van der Waals surface area contributed by atoms with Crippen molar-refractivity contribution in [1.29, 1.82) is 5.26 Å². The molecule has 0 aromatic heterocycles. The van der Waals surface area contributed by atoms with Crippen LogP contribution in [0.25, 0.3) is 5.57 Å². The lowest BCUT2D eigenvalue weighted by atomic mass is 9.71. The van der Waals surface area contributed by atoms with Gasteiger partial charge in [0.15, 0.2) is 0 Å². The highest BCUT2D eigenvalue weighted by atomic mass is 16.5. The monoisotopic (exact) mass is 373 g/mol. The number of benzene rings is 2. The maximum atomic E-state index is 13.0. The molecule has 2 atom stereocenters. The van der Waals surface area contributed by atoms with Gasteiger partial charge in [-0.15, -0.1) is 0 Å². The minimum absolute atomic E-state index is 0.0634. The van der Waals surface area contributed by atoms with Gasteiger partial charge in [-0.1, -0.05) is 81.4 Å². The molecular weight excluding hydrogens is 346 g/mol. The van der Waals surface area contributed by atoms with Crippen LogP contribution in [-0.2, 0) is 9.53 Å². The van der Waals surface area contributed by atoms with Gasteiger partial charge < -0.3 is 4.74 Å². The van der Waals surface area contributed by atoms with E-state index in [0.717, 1.165) is 30.4 Å². The van der Waals surface area contributed by atoms with E-state index in [-0.39, 0.29) is 17.1 Å². The Kier molecular flexibility index (Phi) is 5.99. The third-order valence-electron chi connectivity index (χ3n) is 5.31. The van der Waals surface area contributed by atoms with E-state index >= 15 is 0 Å². The summed E-state index contributed by atoms with van der Waals surface area (Å²) < 4.78 is 5.86. The summed E-state index contributed by atoms with van der Waals surface area (Å²) in [6.45, 7) is 6.62. The van der Waals surface area contributed by atoms with Crippen LogP contribution in [-0.4, -0.2) is 12.1 Å². The zero-order chi connectivity index (χ0) is 20.1. The van der Waals surface area contributed by atoms with Crippen LogP contribution in [0, 0.1) is 22.7 Å².